The van der Waals surface area contributed by atoms with Crippen LogP contribution >= 0.6 is 0 Å². The van der Waals surface area contributed by atoms with Crippen LogP contribution in [0.25, 0.3) is 0 Å². The van der Waals surface area contributed by atoms with Gasteiger partial charge in [0.25, 0.3) is 0 Å². The highest BCUT2D eigenvalue weighted by Gasteiger charge is 2.41. The van der Waals surface area contributed by atoms with Crippen LogP contribution in [0.3, 0.4) is 0 Å². The fourth-order valence-corrected chi connectivity index (χ4v) is 7.49. The summed E-state index contributed by atoms with van der Waals surface area (Å²) in [6, 6.07) is 0.966. The molecule has 0 rings (SSSR count). The average molecular weight is 538 g/mol. The standard InChI is InChI=1S/C29H64NO3Si.ClH/c1-7-12-14-16-18-20-23-30(6,24-21-19-17-15-13-8-2)25-22-29-34(31-26-9-3,32-27-10-4)33-28-11-5;/h7-29H2,1-6H3;1H/q+1;/p-1. The Bertz CT molecular complexity index is 391. The van der Waals surface area contributed by atoms with Crippen LogP contribution in [-0.2, 0) is 13.3 Å². The fraction of sp³-hybridized carbons (Fsp3) is 1.00. The highest BCUT2D eigenvalue weighted by atomic mass is 35.5. The fourth-order valence-electron chi connectivity index (χ4n) is 4.67. The first-order valence-corrected chi connectivity index (χ1v) is 17.2. The van der Waals surface area contributed by atoms with Gasteiger partial charge in [-0.1, -0.05) is 86.0 Å². The molecule has 0 N–H and O–H groups in total. The molecular formula is C29H64ClNO3Si. The first-order chi connectivity index (χ1) is 16.5. The lowest BCUT2D eigenvalue weighted by Crippen LogP contribution is -3.00. The third-order valence-corrected chi connectivity index (χ3v) is 9.76. The molecule has 0 aliphatic carbocycles. The number of unbranched alkanes of at least 4 members (excludes halogenated alkanes) is 10. The van der Waals surface area contributed by atoms with Crippen LogP contribution in [-0.4, -0.2) is 59.8 Å². The Hall–Kier alpha value is 0.347. The average Bonchev–Trinajstić information content (AvgIpc) is 2.84. The van der Waals surface area contributed by atoms with Crippen LogP contribution < -0.4 is 12.4 Å². The van der Waals surface area contributed by atoms with E-state index in [0.717, 1.165) is 51.5 Å². The summed E-state index contributed by atoms with van der Waals surface area (Å²) < 4.78 is 20.3. The van der Waals surface area contributed by atoms with Crippen molar-refractivity contribution >= 4 is 8.80 Å². The zero-order valence-electron chi connectivity index (χ0n) is 24.8. The summed E-state index contributed by atoms with van der Waals surface area (Å²) in [7, 11) is -0.0665. The van der Waals surface area contributed by atoms with Crippen molar-refractivity contribution in [3.05, 3.63) is 0 Å². The molecule has 0 aromatic rings. The Balaban J connectivity index is 0. The van der Waals surface area contributed by atoms with Gasteiger partial charge in [0.2, 0.25) is 0 Å². The van der Waals surface area contributed by atoms with Gasteiger partial charge in [-0.25, -0.2) is 0 Å². The third-order valence-electron chi connectivity index (χ3n) is 6.86. The smallest absolute Gasteiger partial charge is 0.501 e. The van der Waals surface area contributed by atoms with Gasteiger partial charge in [-0.05, 0) is 44.9 Å². The van der Waals surface area contributed by atoms with Crippen LogP contribution in [0.1, 0.15) is 137 Å². The van der Waals surface area contributed by atoms with E-state index in [9.17, 15) is 0 Å². The molecule has 0 saturated carbocycles. The number of hydrogen-bond acceptors (Lipinski definition) is 3. The van der Waals surface area contributed by atoms with Crippen molar-refractivity contribution in [1.82, 2.24) is 0 Å². The summed E-state index contributed by atoms with van der Waals surface area (Å²) in [5.74, 6) is 0. The normalized spacial score (nSPS) is 12.2. The summed E-state index contributed by atoms with van der Waals surface area (Å²) in [6.07, 6.45) is 20.8. The van der Waals surface area contributed by atoms with Crippen LogP contribution in [0.2, 0.25) is 6.04 Å². The molecule has 0 atom stereocenters. The Morgan fingerprint density at radius 1 is 0.457 bits per heavy atom. The maximum atomic E-state index is 6.36. The van der Waals surface area contributed by atoms with Crippen LogP contribution in [0.15, 0.2) is 0 Å². The summed E-state index contributed by atoms with van der Waals surface area (Å²) in [4.78, 5) is 0. The SMILES string of the molecule is CCCCCCCC[N+](C)(CCCCCCCC)CCC[Si](OCCC)(OCCC)OCCC.[Cl-]. The van der Waals surface area contributed by atoms with Crippen molar-refractivity contribution < 1.29 is 30.2 Å². The number of quaternary nitrogens is 1. The van der Waals surface area contributed by atoms with E-state index in [1.54, 1.807) is 0 Å². The molecule has 0 aromatic heterocycles. The van der Waals surface area contributed by atoms with E-state index in [-0.39, 0.29) is 12.4 Å². The highest BCUT2D eigenvalue weighted by Crippen LogP contribution is 2.22. The monoisotopic (exact) mass is 537 g/mol. The van der Waals surface area contributed by atoms with Crippen molar-refractivity contribution in [3.8, 4) is 0 Å². The number of halogens is 1. The van der Waals surface area contributed by atoms with Gasteiger partial charge in [0.15, 0.2) is 0 Å². The molecule has 0 aliphatic heterocycles. The van der Waals surface area contributed by atoms with E-state index in [4.69, 9.17) is 13.3 Å². The van der Waals surface area contributed by atoms with Gasteiger partial charge in [-0.3, -0.25) is 0 Å². The molecule has 0 fully saturated rings. The first kappa shape index (κ1) is 37.5. The van der Waals surface area contributed by atoms with Crippen molar-refractivity contribution in [2.24, 2.45) is 0 Å². The second-order valence-electron chi connectivity index (χ2n) is 10.7. The van der Waals surface area contributed by atoms with Crippen LogP contribution in [0.5, 0.6) is 0 Å². The Kier molecular flexibility index (Phi) is 27.8. The second-order valence-corrected chi connectivity index (χ2v) is 13.4. The molecule has 0 spiro atoms. The number of rotatable bonds is 27. The molecule has 0 unspecified atom stereocenters. The van der Waals surface area contributed by atoms with E-state index in [1.807, 2.05) is 0 Å². The molecule has 0 aliphatic rings. The van der Waals surface area contributed by atoms with Crippen LogP contribution in [0.4, 0.5) is 0 Å². The molecule has 6 heteroatoms. The lowest BCUT2D eigenvalue weighted by molar-refractivity contribution is -0.910. The summed E-state index contributed by atoms with van der Waals surface area (Å²) in [6.45, 7) is 17.2. The van der Waals surface area contributed by atoms with Crippen LogP contribution in [0, 0.1) is 0 Å². The number of nitrogens with zero attached hydrogens (tertiary/aromatic N) is 1. The van der Waals surface area contributed by atoms with Crippen molar-refractivity contribution in [2.75, 3.05) is 46.5 Å². The minimum absolute atomic E-state index is 0. The summed E-state index contributed by atoms with van der Waals surface area (Å²) in [5.41, 5.74) is 0. The molecule has 0 heterocycles. The second kappa shape index (κ2) is 26.0. The zero-order chi connectivity index (χ0) is 25.4. The highest BCUT2D eigenvalue weighted by molar-refractivity contribution is 6.60. The maximum Gasteiger partial charge on any atom is 0.501 e. The maximum absolute atomic E-state index is 6.36. The molecular weight excluding hydrogens is 474 g/mol. The zero-order valence-corrected chi connectivity index (χ0v) is 26.6. The minimum atomic E-state index is -2.57. The predicted octanol–water partition coefficient (Wildman–Crippen LogP) is 5.77. The molecule has 0 bridgehead atoms. The molecule has 4 nitrogen and oxygen atoms in total. The Morgan fingerprint density at radius 3 is 1.17 bits per heavy atom. The molecule has 0 saturated heterocycles. The summed E-state index contributed by atoms with van der Waals surface area (Å²) in [5, 5.41) is 0. The topological polar surface area (TPSA) is 27.7 Å². The Morgan fingerprint density at radius 2 is 0.800 bits per heavy atom. The van der Waals surface area contributed by atoms with Crippen molar-refractivity contribution in [2.45, 2.75) is 143 Å². The number of hydrogen-bond donors (Lipinski definition) is 0. The predicted molar refractivity (Wildman–Crippen MR) is 151 cm³/mol. The van der Waals surface area contributed by atoms with Gasteiger partial charge >= 0.3 is 8.80 Å². The van der Waals surface area contributed by atoms with E-state index in [2.05, 4.69) is 41.7 Å². The molecule has 0 aromatic carbocycles. The van der Waals surface area contributed by atoms with Crippen molar-refractivity contribution in [3.63, 3.8) is 0 Å². The van der Waals surface area contributed by atoms with Gasteiger partial charge in [-0.2, -0.15) is 0 Å². The van der Waals surface area contributed by atoms with E-state index in [0.29, 0.717) is 0 Å². The van der Waals surface area contributed by atoms with Gasteiger partial charge in [-0.15, -0.1) is 0 Å². The lowest BCUT2D eigenvalue weighted by Gasteiger charge is -2.36. The van der Waals surface area contributed by atoms with Gasteiger partial charge < -0.3 is 30.2 Å². The lowest BCUT2D eigenvalue weighted by atomic mass is 10.1. The van der Waals surface area contributed by atoms with E-state index >= 15 is 0 Å². The molecule has 214 valence electrons. The quantitative estimate of drug-likeness (QED) is 0.0756. The minimum Gasteiger partial charge on any atom is -1.00 e. The Labute approximate surface area is 228 Å². The first-order valence-electron chi connectivity index (χ1n) is 15.3. The van der Waals surface area contributed by atoms with Gasteiger partial charge in [0.05, 0.1) is 26.7 Å². The molecule has 0 amide bonds. The summed E-state index contributed by atoms with van der Waals surface area (Å²) >= 11 is 0. The van der Waals surface area contributed by atoms with Gasteiger partial charge in [0.1, 0.15) is 0 Å². The van der Waals surface area contributed by atoms with E-state index in [1.165, 1.54) is 101 Å². The molecule has 35 heavy (non-hydrogen) atoms. The largest absolute Gasteiger partial charge is 1.00 e. The molecule has 0 radical (unpaired) electrons. The van der Waals surface area contributed by atoms with Crippen molar-refractivity contribution in [1.29, 1.82) is 0 Å². The van der Waals surface area contributed by atoms with E-state index < -0.39 is 8.80 Å². The van der Waals surface area contributed by atoms with Gasteiger partial charge in [0, 0.05) is 32.3 Å². The third kappa shape index (κ3) is 21.0.